The van der Waals surface area contributed by atoms with Crippen LogP contribution < -0.4 is 4.74 Å². The molecule has 0 unspecified atom stereocenters. The molecule has 0 spiro atoms. The lowest BCUT2D eigenvalue weighted by atomic mass is 10.0. The molecule has 6 heteroatoms. The smallest absolute Gasteiger partial charge is 0.344 e. The average Bonchev–Trinajstić information content (AvgIpc) is 2.42. The van der Waals surface area contributed by atoms with Gasteiger partial charge in [0.25, 0.3) is 0 Å². The molecule has 0 N–H and O–H groups in total. The zero-order chi connectivity index (χ0) is 15.0. The van der Waals surface area contributed by atoms with Crippen LogP contribution in [0.25, 0.3) is 0 Å². The number of esters is 1. The molecule has 0 aliphatic heterocycles. The minimum Gasteiger partial charge on any atom is -0.466 e. The van der Waals surface area contributed by atoms with Crippen LogP contribution in [0.15, 0.2) is 12.1 Å². The van der Waals surface area contributed by atoms with Crippen molar-refractivity contribution in [1.82, 2.24) is 0 Å². The maximum Gasteiger partial charge on any atom is 0.344 e. The lowest BCUT2D eigenvalue weighted by Gasteiger charge is -2.14. The first-order valence-electron chi connectivity index (χ1n) is 5.90. The Hall–Kier alpha value is -1.92. The van der Waals surface area contributed by atoms with Gasteiger partial charge in [-0.05, 0) is 25.1 Å². The summed E-state index contributed by atoms with van der Waals surface area (Å²) >= 11 is 0. The Bertz CT molecular complexity index is 469. The standard InChI is InChI=1S/C14H17O6/c1-10(15)7-11-5-4-6-12(13(11)19-8-17-2)14(16)20-9-18-3/h5-6H,7-9H2,1-3H3. The van der Waals surface area contributed by atoms with Gasteiger partial charge in [-0.3, -0.25) is 4.79 Å². The van der Waals surface area contributed by atoms with E-state index >= 15 is 0 Å². The van der Waals surface area contributed by atoms with Crippen molar-refractivity contribution in [3.63, 3.8) is 0 Å². The third-order valence-corrected chi connectivity index (χ3v) is 2.31. The third-order valence-electron chi connectivity index (χ3n) is 2.31. The number of hydrogen-bond acceptors (Lipinski definition) is 6. The molecule has 0 aliphatic rings. The van der Waals surface area contributed by atoms with Gasteiger partial charge in [0, 0.05) is 26.2 Å². The fraction of sp³-hybridized carbons (Fsp3) is 0.429. The number of Topliss-reactive ketones (excluding diaryl/α,β-unsaturated/α-hetero) is 1. The van der Waals surface area contributed by atoms with Gasteiger partial charge in [0.15, 0.2) is 13.6 Å². The fourth-order valence-electron chi connectivity index (χ4n) is 1.56. The molecule has 1 aromatic rings. The normalized spacial score (nSPS) is 10.2. The van der Waals surface area contributed by atoms with Crippen LogP contribution in [0.4, 0.5) is 0 Å². The summed E-state index contributed by atoms with van der Waals surface area (Å²) in [5.74, 6) is -0.399. The molecule has 0 saturated heterocycles. The van der Waals surface area contributed by atoms with Gasteiger partial charge in [-0.15, -0.1) is 0 Å². The highest BCUT2D eigenvalue weighted by molar-refractivity contribution is 5.93. The largest absolute Gasteiger partial charge is 0.466 e. The maximum atomic E-state index is 11.9. The monoisotopic (exact) mass is 281 g/mol. The van der Waals surface area contributed by atoms with Crippen LogP contribution in [-0.2, 0) is 25.4 Å². The lowest BCUT2D eigenvalue weighted by Crippen LogP contribution is -2.13. The second-order valence-electron chi connectivity index (χ2n) is 3.99. The summed E-state index contributed by atoms with van der Waals surface area (Å²) in [5.41, 5.74) is 0.735. The summed E-state index contributed by atoms with van der Waals surface area (Å²) < 4.78 is 19.8. The zero-order valence-electron chi connectivity index (χ0n) is 11.7. The highest BCUT2D eigenvalue weighted by atomic mass is 16.7. The Labute approximate surface area is 117 Å². The van der Waals surface area contributed by atoms with Crippen molar-refractivity contribution in [2.24, 2.45) is 0 Å². The topological polar surface area (TPSA) is 71.1 Å². The molecular weight excluding hydrogens is 264 g/mol. The van der Waals surface area contributed by atoms with Gasteiger partial charge in [0.2, 0.25) is 0 Å². The molecule has 0 amide bonds. The zero-order valence-corrected chi connectivity index (χ0v) is 11.7. The Morgan fingerprint density at radius 2 is 1.85 bits per heavy atom. The van der Waals surface area contributed by atoms with E-state index in [1.807, 2.05) is 0 Å². The molecule has 0 aromatic heterocycles. The number of carbonyl (C=O) groups is 2. The molecule has 0 atom stereocenters. The van der Waals surface area contributed by atoms with Crippen molar-refractivity contribution in [3.8, 4) is 5.75 Å². The average molecular weight is 281 g/mol. The molecular formula is C14H17O6. The van der Waals surface area contributed by atoms with Crippen molar-refractivity contribution < 1.29 is 28.5 Å². The molecule has 109 valence electrons. The molecule has 0 aliphatic carbocycles. The first kappa shape index (κ1) is 16.1. The van der Waals surface area contributed by atoms with E-state index < -0.39 is 5.97 Å². The number of ketones is 1. The summed E-state index contributed by atoms with van der Waals surface area (Å²) in [7, 11) is 2.87. The Morgan fingerprint density at radius 3 is 2.45 bits per heavy atom. The molecule has 0 fully saturated rings. The van der Waals surface area contributed by atoms with Crippen LogP contribution in [0.5, 0.6) is 5.75 Å². The van der Waals surface area contributed by atoms with E-state index in [-0.39, 0.29) is 37.1 Å². The van der Waals surface area contributed by atoms with E-state index in [4.69, 9.17) is 14.2 Å². The van der Waals surface area contributed by atoms with Gasteiger partial charge in [0.05, 0.1) is 0 Å². The van der Waals surface area contributed by atoms with Gasteiger partial charge < -0.3 is 18.9 Å². The predicted molar refractivity (Wildman–Crippen MR) is 69.5 cm³/mol. The summed E-state index contributed by atoms with van der Waals surface area (Å²) in [4.78, 5) is 23.2. The highest BCUT2D eigenvalue weighted by Crippen LogP contribution is 2.25. The number of hydrogen-bond donors (Lipinski definition) is 0. The van der Waals surface area contributed by atoms with Crippen LogP contribution in [-0.4, -0.2) is 39.6 Å². The number of rotatable bonds is 8. The lowest BCUT2D eigenvalue weighted by molar-refractivity contribution is -0.116. The maximum absolute atomic E-state index is 11.9. The summed E-state index contributed by atoms with van der Waals surface area (Å²) in [6.07, 6.45) is 0.140. The molecule has 1 rings (SSSR count). The predicted octanol–water partition coefficient (Wildman–Crippen LogP) is 1.36. The molecule has 0 saturated carbocycles. The van der Waals surface area contributed by atoms with E-state index in [1.54, 1.807) is 6.07 Å². The molecule has 1 aromatic carbocycles. The minimum absolute atomic E-state index is 0.0422. The van der Waals surface area contributed by atoms with Crippen LogP contribution in [0.3, 0.4) is 0 Å². The van der Waals surface area contributed by atoms with Crippen molar-refractivity contribution in [2.45, 2.75) is 13.3 Å². The Balaban J connectivity index is 3.07. The van der Waals surface area contributed by atoms with Crippen LogP contribution in [0.2, 0.25) is 0 Å². The summed E-state index contributed by atoms with van der Waals surface area (Å²) in [5, 5.41) is 0. The second-order valence-corrected chi connectivity index (χ2v) is 3.99. The number of benzene rings is 1. The number of ether oxygens (including phenoxy) is 4. The van der Waals surface area contributed by atoms with Crippen molar-refractivity contribution in [2.75, 3.05) is 27.8 Å². The van der Waals surface area contributed by atoms with E-state index in [1.165, 1.54) is 27.2 Å². The SMILES string of the molecule is COCOC(=O)c1c[c]cc(CC(C)=O)c1OCOC. The first-order valence-corrected chi connectivity index (χ1v) is 5.90. The fourth-order valence-corrected chi connectivity index (χ4v) is 1.56. The minimum atomic E-state index is -0.611. The molecule has 0 bridgehead atoms. The molecule has 0 heterocycles. The van der Waals surface area contributed by atoms with E-state index in [9.17, 15) is 9.59 Å². The highest BCUT2D eigenvalue weighted by Gasteiger charge is 2.18. The van der Waals surface area contributed by atoms with Crippen molar-refractivity contribution in [3.05, 3.63) is 29.3 Å². The summed E-state index contributed by atoms with van der Waals surface area (Å²) in [6, 6.07) is 5.83. The van der Waals surface area contributed by atoms with Crippen molar-refractivity contribution >= 4 is 11.8 Å². The van der Waals surface area contributed by atoms with Gasteiger partial charge in [-0.25, -0.2) is 4.79 Å². The Morgan fingerprint density at radius 1 is 1.15 bits per heavy atom. The summed E-state index contributed by atoms with van der Waals surface area (Å²) in [6.45, 7) is 1.25. The van der Waals surface area contributed by atoms with Crippen LogP contribution in [0.1, 0.15) is 22.8 Å². The van der Waals surface area contributed by atoms with E-state index in [0.717, 1.165) is 0 Å². The van der Waals surface area contributed by atoms with E-state index in [2.05, 4.69) is 10.8 Å². The number of methoxy groups -OCH3 is 2. The Kier molecular flexibility index (Phi) is 6.69. The molecule has 6 nitrogen and oxygen atoms in total. The van der Waals surface area contributed by atoms with Gasteiger partial charge in [-0.1, -0.05) is 0 Å². The van der Waals surface area contributed by atoms with Crippen LogP contribution in [0, 0.1) is 6.07 Å². The van der Waals surface area contributed by atoms with Crippen molar-refractivity contribution in [1.29, 1.82) is 0 Å². The second kappa shape index (κ2) is 8.29. The van der Waals surface area contributed by atoms with Gasteiger partial charge in [-0.2, -0.15) is 0 Å². The van der Waals surface area contributed by atoms with Gasteiger partial charge in [0.1, 0.15) is 17.1 Å². The van der Waals surface area contributed by atoms with E-state index in [0.29, 0.717) is 5.56 Å². The molecule has 20 heavy (non-hydrogen) atoms. The molecule has 1 radical (unpaired) electrons. The number of carbonyl (C=O) groups excluding carboxylic acids is 2. The quantitative estimate of drug-likeness (QED) is 0.529. The van der Waals surface area contributed by atoms with Gasteiger partial charge >= 0.3 is 5.97 Å². The first-order chi connectivity index (χ1) is 9.60. The van der Waals surface area contributed by atoms with Crippen LogP contribution >= 0.6 is 0 Å². The third kappa shape index (κ3) is 4.64.